The summed E-state index contributed by atoms with van der Waals surface area (Å²) >= 11 is 1.50. The monoisotopic (exact) mass is 379 g/mol. The third-order valence-corrected chi connectivity index (χ3v) is 5.50. The fourth-order valence-electron chi connectivity index (χ4n) is 3.57. The first-order chi connectivity index (χ1) is 12.6. The van der Waals surface area contributed by atoms with Gasteiger partial charge in [0.05, 0.1) is 18.7 Å². The van der Waals surface area contributed by atoms with Gasteiger partial charge in [-0.2, -0.15) is 0 Å². The number of amides is 2. The molecule has 2 heterocycles. The fourth-order valence-corrected chi connectivity index (χ4v) is 3.93. The van der Waals surface area contributed by atoms with Crippen LogP contribution in [0.15, 0.2) is 17.4 Å². The van der Waals surface area contributed by atoms with Crippen molar-refractivity contribution in [2.75, 3.05) is 38.3 Å². The first-order valence-electron chi connectivity index (χ1n) is 8.82. The smallest absolute Gasteiger partial charge is 0.239 e. The Morgan fingerprint density at radius 3 is 3.04 bits per heavy atom. The van der Waals surface area contributed by atoms with Crippen LogP contribution in [0.3, 0.4) is 0 Å². The summed E-state index contributed by atoms with van der Waals surface area (Å²) in [4.78, 5) is 34.6. The van der Waals surface area contributed by atoms with Crippen LogP contribution in [-0.2, 0) is 14.3 Å². The molecule has 1 aliphatic heterocycles. The molecule has 1 aromatic heterocycles. The molecule has 0 radical (unpaired) electrons. The summed E-state index contributed by atoms with van der Waals surface area (Å²) in [6.45, 7) is 1.27. The van der Waals surface area contributed by atoms with E-state index in [1.54, 1.807) is 18.2 Å². The van der Waals surface area contributed by atoms with Gasteiger partial charge < -0.3 is 20.3 Å². The molecule has 0 aromatic carbocycles. The molecule has 26 heavy (non-hydrogen) atoms. The third-order valence-electron chi connectivity index (χ3n) is 4.94. The van der Waals surface area contributed by atoms with Crippen LogP contribution >= 0.6 is 11.8 Å². The molecule has 3 rings (SSSR count). The molecule has 2 amide bonds. The van der Waals surface area contributed by atoms with E-state index in [4.69, 9.17) is 4.74 Å². The number of ether oxygens (including phenoxy) is 1. The van der Waals surface area contributed by atoms with Gasteiger partial charge in [-0.1, -0.05) is 11.8 Å². The van der Waals surface area contributed by atoms with Crippen molar-refractivity contribution < 1.29 is 14.3 Å². The summed E-state index contributed by atoms with van der Waals surface area (Å²) in [7, 11) is 1.67. The Kier molecular flexibility index (Phi) is 6.31. The number of piperazine rings is 1. The van der Waals surface area contributed by atoms with Gasteiger partial charge in [0.1, 0.15) is 5.82 Å². The highest BCUT2D eigenvalue weighted by atomic mass is 32.2. The van der Waals surface area contributed by atoms with Crippen molar-refractivity contribution in [2.24, 2.45) is 5.92 Å². The number of carbonyl (C=O) groups is 2. The maximum Gasteiger partial charge on any atom is 0.239 e. The lowest BCUT2D eigenvalue weighted by atomic mass is 9.82. The molecule has 2 fully saturated rings. The van der Waals surface area contributed by atoms with E-state index in [-0.39, 0.29) is 36.4 Å². The predicted octanol–water partition coefficient (Wildman–Crippen LogP) is 0.752. The molecule has 1 aliphatic carbocycles. The highest BCUT2D eigenvalue weighted by Gasteiger charge is 2.37. The minimum absolute atomic E-state index is 0.0621. The van der Waals surface area contributed by atoms with E-state index < -0.39 is 0 Å². The van der Waals surface area contributed by atoms with Crippen molar-refractivity contribution in [3.63, 3.8) is 0 Å². The fraction of sp³-hybridized carbons (Fsp3) is 0.647. The van der Waals surface area contributed by atoms with E-state index in [1.165, 1.54) is 11.8 Å². The zero-order chi connectivity index (χ0) is 18.5. The summed E-state index contributed by atoms with van der Waals surface area (Å²) in [5.74, 6) is 0.647. The standard InChI is InChI=1S/C17H25N5O3S/c1-25-13-9-11(16(24)22-8-7-18-15(23)10-22)3-4-12(13)20-14-5-6-19-17(21-14)26-2/h5-6,11-13H,3-4,7-10H2,1-2H3,(H,18,23)(H,19,20,21)/t11-,12+,13+/m0/s1. The lowest BCUT2D eigenvalue weighted by molar-refractivity contribution is -0.143. The van der Waals surface area contributed by atoms with Gasteiger partial charge in [0.25, 0.3) is 0 Å². The zero-order valence-corrected chi connectivity index (χ0v) is 15.9. The van der Waals surface area contributed by atoms with Crippen LogP contribution in [0.5, 0.6) is 0 Å². The van der Waals surface area contributed by atoms with Crippen molar-refractivity contribution >= 4 is 29.4 Å². The summed E-state index contributed by atoms with van der Waals surface area (Å²) in [6, 6.07) is 1.94. The highest BCUT2D eigenvalue weighted by Crippen LogP contribution is 2.30. The van der Waals surface area contributed by atoms with Gasteiger partial charge in [-0.15, -0.1) is 0 Å². The van der Waals surface area contributed by atoms with E-state index in [1.807, 2.05) is 12.3 Å². The number of nitrogens with one attached hydrogen (secondary N) is 2. The zero-order valence-electron chi connectivity index (χ0n) is 15.1. The highest BCUT2D eigenvalue weighted by molar-refractivity contribution is 7.98. The summed E-state index contributed by atoms with van der Waals surface area (Å²) in [5, 5.41) is 6.90. The van der Waals surface area contributed by atoms with Gasteiger partial charge in [0.15, 0.2) is 5.16 Å². The van der Waals surface area contributed by atoms with Crippen LogP contribution in [0.25, 0.3) is 0 Å². The van der Waals surface area contributed by atoms with E-state index in [0.29, 0.717) is 19.5 Å². The lowest BCUT2D eigenvalue weighted by Gasteiger charge is -2.38. The summed E-state index contributed by atoms with van der Waals surface area (Å²) in [6.07, 6.45) is 5.83. The molecule has 2 N–H and O–H groups in total. The molecule has 0 spiro atoms. The number of thioether (sulfide) groups is 1. The van der Waals surface area contributed by atoms with E-state index in [2.05, 4.69) is 20.6 Å². The Balaban J connectivity index is 1.61. The van der Waals surface area contributed by atoms with Crippen molar-refractivity contribution in [1.29, 1.82) is 0 Å². The van der Waals surface area contributed by atoms with E-state index in [9.17, 15) is 9.59 Å². The number of hydrogen-bond donors (Lipinski definition) is 2. The molecule has 1 aromatic rings. The minimum atomic E-state index is -0.101. The van der Waals surface area contributed by atoms with E-state index >= 15 is 0 Å². The normalized spacial score (nSPS) is 26.3. The molecule has 0 bridgehead atoms. The number of methoxy groups -OCH3 is 1. The Hall–Kier alpha value is -1.87. The van der Waals surface area contributed by atoms with Crippen molar-refractivity contribution in [3.8, 4) is 0 Å². The molecule has 1 saturated carbocycles. The molecule has 3 atom stereocenters. The molecule has 2 aliphatic rings. The van der Waals surface area contributed by atoms with Gasteiger partial charge in [-0.25, -0.2) is 9.97 Å². The second-order valence-corrected chi connectivity index (χ2v) is 7.35. The lowest BCUT2D eigenvalue weighted by Crippen LogP contribution is -2.53. The molecular formula is C17H25N5O3S. The van der Waals surface area contributed by atoms with Crippen molar-refractivity contribution in [2.45, 2.75) is 36.6 Å². The number of nitrogens with zero attached hydrogens (tertiary/aromatic N) is 3. The SMILES string of the molecule is CO[C@@H]1C[C@@H](C(=O)N2CCNC(=O)C2)CC[C@H]1Nc1ccnc(SC)n1. The van der Waals surface area contributed by atoms with Gasteiger partial charge in [-0.3, -0.25) is 9.59 Å². The number of carbonyl (C=O) groups excluding carboxylic acids is 2. The molecular weight excluding hydrogens is 354 g/mol. The Morgan fingerprint density at radius 1 is 1.46 bits per heavy atom. The number of hydrogen-bond acceptors (Lipinski definition) is 7. The molecule has 142 valence electrons. The average Bonchev–Trinajstić information content (AvgIpc) is 2.68. The largest absolute Gasteiger partial charge is 0.379 e. The van der Waals surface area contributed by atoms with Gasteiger partial charge >= 0.3 is 0 Å². The van der Waals surface area contributed by atoms with Crippen LogP contribution in [0, 0.1) is 5.92 Å². The molecule has 8 nitrogen and oxygen atoms in total. The maximum absolute atomic E-state index is 12.8. The van der Waals surface area contributed by atoms with Crippen LogP contribution in [0.1, 0.15) is 19.3 Å². The second kappa shape index (κ2) is 8.68. The Morgan fingerprint density at radius 2 is 2.31 bits per heavy atom. The quantitative estimate of drug-likeness (QED) is 0.576. The summed E-state index contributed by atoms with van der Waals surface area (Å²) < 4.78 is 5.66. The number of rotatable bonds is 5. The third kappa shape index (κ3) is 4.45. The Bertz CT molecular complexity index is 659. The van der Waals surface area contributed by atoms with Crippen molar-refractivity contribution in [1.82, 2.24) is 20.2 Å². The minimum Gasteiger partial charge on any atom is -0.379 e. The topological polar surface area (TPSA) is 96.5 Å². The summed E-state index contributed by atoms with van der Waals surface area (Å²) in [5.41, 5.74) is 0. The predicted molar refractivity (Wildman–Crippen MR) is 99.0 cm³/mol. The van der Waals surface area contributed by atoms with Gasteiger partial charge in [-0.05, 0) is 31.6 Å². The van der Waals surface area contributed by atoms with Gasteiger partial charge in [0.2, 0.25) is 11.8 Å². The first-order valence-corrected chi connectivity index (χ1v) is 10.0. The average molecular weight is 379 g/mol. The van der Waals surface area contributed by atoms with Crippen LogP contribution in [0.4, 0.5) is 5.82 Å². The second-order valence-electron chi connectivity index (χ2n) is 6.57. The van der Waals surface area contributed by atoms with Gasteiger partial charge in [0, 0.05) is 32.3 Å². The van der Waals surface area contributed by atoms with Crippen LogP contribution in [0.2, 0.25) is 0 Å². The van der Waals surface area contributed by atoms with Crippen LogP contribution in [-0.4, -0.2) is 71.8 Å². The number of anilines is 1. The van der Waals surface area contributed by atoms with E-state index in [0.717, 1.165) is 23.8 Å². The first kappa shape index (κ1) is 18.9. The van der Waals surface area contributed by atoms with Crippen molar-refractivity contribution in [3.05, 3.63) is 12.3 Å². The molecule has 0 unspecified atom stereocenters. The van der Waals surface area contributed by atoms with Crippen LogP contribution < -0.4 is 10.6 Å². The molecule has 1 saturated heterocycles. The maximum atomic E-state index is 12.8. The Labute approximate surface area is 157 Å². The number of aromatic nitrogens is 2. The molecule has 9 heteroatoms.